The summed E-state index contributed by atoms with van der Waals surface area (Å²) in [7, 11) is 0. The van der Waals surface area contributed by atoms with Crippen LogP contribution >= 0.6 is 0 Å². The number of carbonyl (C=O) groups excluding carboxylic acids is 1. The van der Waals surface area contributed by atoms with Crippen molar-refractivity contribution >= 4 is 5.91 Å². The van der Waals surface area contributed by atoms with Gasteiger partial charge in [0.05, 0.1) is 11.7 Å². The number of rotatable bonds is 3. The number of piperazine rings is 1. The number of aromatic nitrogens is 1. The molecule has 6 heteroatoms. The maximum absolute atomic E-state index is 12.5. The molecule has 1 aromatic carbocycles. The molecule has 0 bridgehead atoms. The molecule has 2 aliphatic rings. The van der Waals surface area contributed by atoms with Gasteiger partial charge in [0.15, 0.2) is 0 Å². The minimum absolute atomic E-state index is 0.0763. The van der Waals surface area contributed by atoms with Gasteiger partial charge in [-0.3, -0.25) is 14.7 Å². The summed E-state index contributed by atoms with van der Waals surface area (Å²) in [5, 5.41) is 0. The molecule has 2 unspecified atom stereocenters. The van der Waals surface area contributed by atoms with Crippen molar-refractivity contribution in [1.82, 2.24) is 25.6 Å². The van der Waals surface area contributed by atoms with E-state index in [9.17, 15) is 4.79 Å². The Kier molecular flexibility index (Phi) is 4.74. The quantitative estimate of drug-likeness (QED) is 0.887. The average Bonchev–Trinajstić information content (AvgIpc) is 3.19. The van der Waals surface area contributed by atoms with Crippen molar-refractivity contribution in [3.05, 3.63) is 66.0 Å². The van der Waals surface area contributed by atoms with Gasteiger partial charge in [-0.2, -0.15) is 0 Å². The Bertz CT molecular complexity index is 700. The molecule has 2 aliphatic heterocycles. The van der Waals surface area contributed by atoms with Crippen molar-refractivity contribution < 1.29 is 4.79 Å². The lowest BCUT2D eigenvalue weighted by Crippen LogP contribution is -2.55. The van der Waals surface area contributed by atoms with Gasteiger partial charge < -0.3 is 4.90 Å². The van der Waals surface area contributed by atoms with Crippen molar-refractivity contribution in [2.45, 2.75) is 18.6 Å². The highest BCUT2D eigenvalue weighted by atomic mass is 16.2. The van der Waals surface area contributed by atoms with E-state index < -0.39 is 0 Å². The van der Waals surface area contributed by atoms with Gasteiger partial charge in [0.2, 0.25) is 0 Å². The third-order valence-electron chi connectivity index (χ3n) is 5.04. The second-order valence-electron chi connectivity index (χ2n) is 6.57. The van der Waals surface area contributed by atoms with Gasteiger partial charge >= 0.3 is 0 Å². The topological polar surface area (TPSA) is 60.5 Å². The third-order valence-corrected chi connectivity index (χ3v) is 5.04. The Balaban J connectivity index is 1.31. The molecule has 1 aromatic heterocycles. The van der Waals surface area contributed by atoms with Crippen LogP contribution in [0.1, 0.15) is 28.4 Å². The van der Waals surface area contributed by atoms with Crippen LogP contribution in [-0.4, -0.2) is 53.0 Å². The molecule has 25 heavy (non-hydrogen) atoms. The van der Waals surface area contributed by atoms with Crippen LogP contribution in [-0.2, 0) is 0 Å². The molecular formula is C19H23N5O. The zero-order valence-electron chi connectivity index (χ0n) is 14.1. The second kappa shape index (κ2) is 7.31. The average molecular weight is 337 g/mol. The molecule has 130 valence electrons. The summed E-state index contributed by atoms with van der Waals surface area (Å²) in [5.41, 5.74) is 8.79. The van der Waals surface area contributed by atoms with E-state index in [1.54, 1.807) is 18.5 Å². The Morgan fingerprint density at radius 3 is 2.52 bits per heavy atom. The van der Waals surface area contributed by atoms with Crippen molar-refractivity contribution in [2.75, 3.05) is 26.2 Å². The van der Waals surface area contributed by atoms with Crippen molar-refractivity contribution in [2.24, 2.45) is 0 Å². The fraction of sp³-hybridized carbons (Fsp3) is 0.368. The van der Waals surface area contributed by atoms with Gasteiger partial charge in [-0.1, -0.05) is 30.3 Å². The first-order valence-electron chi connectivity index (χ1n) is 8.80. The predicted molar refractivity (Wildman–Crippen MR) is 95.6 cm³/mol. The van der Waals surface area contributed by atoms with Crippen LogP contribution in [0.5, 0.6) is 0 Å². The first-order chi connectivity index (χ1) is 12.3. The van der Waals surface area contributed by atoms with Gasteiger partial charge in [0.25, 0.3) is 5.91 Å². The highest BCUT2D eigenvalue weighted by Gasteiger charge is 2.32. The number of nitrogens with one attached hydrogen (secondary N) is 2. The smallest absolute Gasteiger partial charge is 0.255 e. The van der Waals surface area contributed by atoms with Gasteiger partial charge in [0, 0.05) is 44.6 Å². The molecule has 6 nitrogen and oxygen atoms in total. The molecule has 0 spiro atoms. The number of hydrogen-bond acceptors (Lipinski definition) is 5. The fourth-order valence-corrected chi connectivity index (χ4v) is 3.59. The first-order valence-corrected chi connectivity index (χ1v) is 8.80. The van der Waals surface area contributed by atoms with Crippen LogP contribution in [0.3, 0.4) is 0 Å². The van der Waals surface area contributed by atoms with Gasteiger partial charge in [-0.15, -0.1) is 0 Å². The van der Waals surface area contributed by atoms with Crippen molar-refractivity contribution in [1.29, 1.82) is 0 Å². The number of benzene rings is 1. The van der Waals surface area contributed by atoms with Crippen LogP contribution in [0.15, 0.2) is 54.9 Å². The lowest BCUT2D eigenvalue weighted by Gasteiger charge is -2.37. The molecule has 0 radical (unpaired) electrons. The van der Waals surface area contributed by atoms with Crippen molar-refractivity contribution in [3.63, 3.8) is 0 Å². The van der Waals surface area contributed by atoms with E-state index in [-0.39, 0.29) is 5.91 Å². The lowest BCUT2D eigenvalue weighted by molar-refractivity contribution is 0.0544. The fourth-order valence-electron chi connectivity index (χ4n) is 3.59. The summed E-state index contributed by atoms with van der Waals surface area (Å²) in [6.45, 7) is 3.27. The van der Waals surface area contributed by atoms with E-state index in [0.717, 1.165) is 32.6 Å². The third kappa shape index (κ3) is 3.56. The van der Waals surface area contributed by atoms with E-state index in [0.29, 0.717) is 17.8 Å². The Morgan fingerprint density at radius 2 is 1.80 bits per heavy atom. The molecule has 2 fully saturated rings. The highest BCUT2D eigenvalue weighted by Crippen LogP contribution is 2.24. The molecule has 2 aromatic rings. The van der Waals surface area contributed by atoms with Gasteiger partial charge in [-0.25, -0.2) is 10.9 Å². The number of carbonyl (C=O) groups is 1. The Hall–Kier alpha value is -2.28. The molecule has 2 N–H and O–H groups in total. The van der Waals surface area contributed by atoms with E-state index in [2.05, 4.69) is 45.0 Å². The monoisotopic (exact) mass is 337 g/mol. The van der Waals surface area contributed by atoms with Crippen LogP contribution in [0.25, 0.3) is 0 Å². The van der Waals surface area contributed by atoms with E-state index in [1.165, 1.54) is 5.56 Å². The molecule has 0 aliphatic carbocycles. The summed E-state index contributed by atoms with van der Waals surface area (Å²) in [6.07, 6.45) is 4.67. The minimum atomic E-state index is 0.0763. The molecule has 3 heterocycles. The molecule has 2 saturated heterocycles. The van der Waals surface area contributed by atoms with Gasteiger partial charge in [-0.05, 0) is 24.1 Å². The largest absolute Gasteiger partial charge is 0.336 e. The summed E-state index contributed by atoms with van der Waals surface area (Å²) >= 11 is 0. The zero-order valence-corrected chi connectivity index (χ0v) is 14.1. The van der Waals surface area contributed by atoms with Crippen LogP contribution in [0.4, 0.5) is 0 Å². The standard InChI is InChI=1S/C19H23N5O/c25-19(16-7-4-8-20-14-16)24-11-9-23(10-12-24)18-13-17(21-22-18)15-5-2-1-3-6-15/h1-8,14,17-18,21-22H,9-13H2. The SMILES string of the molecule is O=C(c1cccnc1)N1CCN(C2CC(c3ccccc3)NN2)CC1. The summed E-state index contributed by atoms with van der Waals surface area (Å²) in [4.78, 5) is 20.9. The minimum Gasteiger partial charge on any atom is -0.336 e. The molecule has 0 saturated carbocycles. The Labute approximate surface area is 147 Å². The molecular weight excluding hydrogens is 314 g/mol. The number of hydrogen-bond donors (Lipinski definition) is 2. The number of pyridine rings is 1. The summed E-state index contributed by atoms with van der Waals surface area (Å²) < 4.78 is 0. The second-order valence-corrected chi connectivity index (χ2v) is 6.57. The number of nitrogens with zero attached hydrogens (tertiary/aromatic N) is 3. The molecule has 4 rings (SSSR count). The first kappa shape index (κ1) is 16.2. The Morgan fingerprint density at radius 1 is 1.00 bits per heavy atom. The van der Waals surface area contributed by atoms with E-state index >= 15 is 0 Å². The molecule has 1 amide bonds. The van der Waals surface area contributed by atoms with E-state index in [1.807, 2.05) is 17.0 Å². The van der Waals surface area contributed by atoms with Crippen molar-refractivity contribution in [3.8, 4) is 0 Å². The lowest BCUT2D eigenvalue weighted by atomic mass is 10.0. The number of amides is 1. The van der Waals surface area contributed by atoms with Crippen LogP contribution in [0, 0.1) is 0 Å². The highest BCUT2D eigenvalue weighted by molar-refractivity contribution is 5.93. The zero-order chi connectivity index (χ0) is 17.1. The number of hydrazine groups is 1. The van der Waals surface area contributed by atoms with Crippen LogP contribution in [0.2, 0.25) is 0 Å². The normalized spacial score (nSPS) is 24.4. The molecule has 2 atom stereocenters. The van der Waals surface area contributed by atoms with Gasteiger partial charge in [0.1, 0.15) is 0 Å². The van der Waals surface area contributed by atoms with E-state index in [4.69, 9.17) is 0 Å². The van der Waals surface area contributed by atoms with Crippen LogP contribution < -0.4 is 10.9 Å². The predicted octanol–water partition coefficient (Wildman–Crippen LogP) is 1.40. The summed E-state index contributed by atoms with van der Waals surface area (Å²) in [5.74, 6) is 0.0763. The summed E-state index contributed by atoms with van der Waals surface area (Å²) in [6, 6.07) is 14.5. The maximum atomic E-state index is 12.5. The maximum Gasteiger partial charge on any atom is 0.255 e.